The van der Waals surface area contributed by atoms with Crippen LogP contribution in [0.3, 0.4) is 0 Å². The third-order valence-electron chi connectivity index (χ3n) is 0.507. The minimum Gasteiger partial charge on any atom is -0.323 e. The Morgan fingerprint density at radius 2 is 1.90 bits per heavy atom. The van der Waals surface area contributed by atoms with E-state index in [4.69, 9.17) is 45.0 Å². The molecule has 0 amide bonds. The molecule has 2 N–H and O–H groups in total. The van der Waals surface area contributed by atoms with Gasteiger partial charge in [0.15, 0.2) is 0 Å². The lowest BCUT2D eigenvalue weighted by atomic mass is 10.9. The van der Waals surface area contributed by atoms with E-state index >= 15 is 0 Å². The highest BCUT2D eigenvalue weighted by Crippen LogP contribution is 2.48. The molecule has 0 aliphatic heterocycles. The molecule has 0 heterocycles. The van der Waals surface area contributed by atoms with Gasteiger partial charge in [0, 0.05) is 0 Å². The molecule has 0 fully saturated rings. The first-order valence-electron chi connectivity index (χ1n) is 1.98. The minimum atomic E-state index is -4.14. The number of halogens is 3. The van der Waals surface area contributed by atoms with Crippen LogP contribution in [0.15, 0.2) is 0 Å². The zero-order valence-electron chi connectivity index (χ0n) is 4.50. The number of hydrogen-bond acceptors (Lipinski definition) is 3. The summed E-state index contributed by atoms with van der Waals surface area (Å²) in [6.07, 6.45) is -0.749. The molecule has 0 aliphatic rings. The SMILES string of the molecule is O=P(O)(CC(Cl)(Cl)Cl)OO. The molecule has 62 valence electrons. The Labute approximate surface area is 72.1 Å². The molecule has 0 aliphatic carbocycles. The van der Waals surface area contributed by atoms with E-state index in [0.717, 1.165) is 0 Å². The van der Waals surface area contributed by atoms with E-state index in [-0.39, 0.29) is 0 Å². The van der Waals surface area contributed by atoms with Crippen molar-refractivity contribution in [1.29, 1.82) is 0 Å². The van der Waals surface area contributed by atoms with Gasteiger partial charge in [-0.2, -0.15) is 4.67 Å². The molecule has 10 heavy (non-hydrogen) atoms. The second-order valence-corrected chi connectivity index (χ2v) is 5.76. The van der Waals surface area contributed by atoms with E-state index in [0.29, 0.717) is 0 Å². The van der Waals surface area contributed by atoms with Gasteiger partial charge in [0.1, 0.15) is 0 Å². The highest BCUT2D eigenvalue weighted by atomic mass is 35.6. The van der Waals surface area contributed by atoms with E-state index in [2.05, 4.69) is 4.67 Å². The van der Waals surface area contributed by atoms with Crippen molar-refractivity contribution >= 4 is 42.4 Å². The summed E-state index contributed by atoms with van der Waals surface area (Å²) in [5, 5.41) is 7.77. The topological polar surface area (TPSA) is 66.8 Å². The predicted octanol–water partition coefficient (Wildman–Crippen LogP) is 2.03. The summed E-state index contributed by atoms with van der Waals surface area (Å²) in [5.41, 5.74) is 0. The quantitative estimate of drug-likeness (QED) is 0.329. The van der Waals surface area contributed by atoms with Crippen LogP contribution in [-0.4, -0.2) is 20.1 Å². The average molecular weight is 229 g/mol. The highest BCUT2D eigenvalue weighted by molar-refractivity contribution is 7.53. The number of hydrogen-bond donors (Lipinski definition) is 2. The maximum atomic E-state index is 10.4. The van der Waals surface area contributed by atoms with Crippen molar-refractivity contribution in [2.45, 2.75) is 3.79 Å². The van der Waals surface area contributed by atoms with Crippen molar-refractivity contribution in [2.24, 2.45) is 0 Å². The first kappa shape index (κ1) is 11.0. The zero-order chi connectivity index (χ0) is 8.41. The minimum absolute atomic E-state index is 0.749. The molecular formula is C2H4Cl3O4P. The standard InChI is InChI=1S/C2H4Cl3O4P/c3-2(4,5)1-10(7,8)9-6/h6H,1H2,(H,7,8). The molecule has 1 atom stereocenters. The molecule has 0 aromatic carbocycles. The summed E-state index contributed by atoms with van der Waals surface area (Å²) in [7, 11) is -4.14. The summed E-state index contributed by atoms with van der Waals surface area (Å²) in [5.74, 6) is 0. The molecule has 8 heteroatoms. The van der Waals surface area contributed by atoms with Gasteiger partial charge in [0.2, 0.25) is 3.79 Å². The van der Waals surface area contributed by atoms with E-state index in [1.807, 2.05) is 0 Å². The van der Waals surface area contributed by atoms with Crippen molar-refractivity contribution in [3.05, 3.63) is 0 Å². The summed E-state index contributed by atoms with van der Waals surface area (Å²) >= 11 is 15.3. The molecule has 0 aromatic rings. The highest BCUT2D eigenvalue weighted by Gasteiger charge is 2.33. The van der Waals surface area contributed by atoms with Crippen molar-refractivity contribution in [3.8, 4) is 0 Å². The van der Waals surface area contributed by atoms with Gasteiger partial charge in [-0.3, -0.25) is 4.57 Å². The maximum Gasteiger partial charge on any atom is 0.359 e. The van der Waals surface area contributed by atoms with Gasteiger partial charge in [-0.15, -0.1) is 0 Å². The van der Waals surface area contributed by atoms with Crippen LogP contribution in [0.1, 0.15) is 0 Å². The van der Waals surface area contributed by atoms with E-state index in [1.54, 1.807) is 0 Å². The summed E-state index contributed by atoms with van der Waals surface area (Å²) in [6.45, 7) is 0. The Morgan fingerprint density at radius 3 is 2.00 bits per heavy atom. The molecule has 0 rings (SSSR count). The Bertz CT molecular complexity index is 153. The second-order valence-electron chi connectivity index (χ2n) is 1.49. The first-order valence-corrected chi connectivity index (χ1v) is 4.88. The fourth-order valence-electron chi connectivity index (χ4n) is 0.255. The van der Waals surface area contributed by atoms with Crippen molar-refractivity contribution in [1.82, 2.24) is 0 Å². The maximum absolute atomic E-state index is 10.4. The van der Waals surface area contributed by atoms with Crippen LogP contribution in [0.2, 0.25) is 0 Å². The fraction of sp³-hybridized carbons (Fsp3) is 1.00. The van der Waals surface area contributed by atoms with Crippen LogP contribution < -0.4 is 0 Å². The van der Waals surface area contributed by atoms with Gasteiger partial charge in [0.25, 0.3) is 0 Å². The molecule has 0 bridgehead atoms. The lowest BCUT2D eigenvalue weighted by Crippen LogP contribution is -2.10. The third kappa shape index (κ3) is 5.74. The summed E-state index contributed by atoms with van der Waals surface area (Å²) in [4.78, 5) is 8.49. The van der Waals surface area contributed by atoms with Crippen LogP contribution >= 0.6 is 42.4 Å². The van der Waals surface area contributed by atoms with Gasteiger partial charge in [-0.25, -0.2) is 5.26 Å². The molecule has 4 nitrogen and oxygen atoms in total. The van der Waals surface area contributed by atoms with Crippen molar-refractivity contribution in [2.75, 3.05) is 6.16 Å². The Balaban J connectivity index is 4.03. The summed E-state index contributed by atoms with van der Waals surface area (Å²) in [6, 6.07) is 0. The van der Waals surface area contributed by atoms with E-state index < -0.39 is 17.6 Å². The zero-order valence-corrected chi connectivity index (χ0v) is 7.66. The third-order valence-corrected chi connectivity index (χ3v) is 2.60. The number of alkyl halides is 3. The Hall–Kier alpha value is 0.980. The van der Waals surface area contributed by atoms with E-state index in [9.17, 15) is 4.57 Å². The van der Waals surface area contributed by atoms with Crippen molar-refractivity contribution in [3.63, 3.8) is 0 Å². The molecular weight excluding hydrogens is 225 g/mol. The molecule has 0 aromatic heterocycles. The van der Waals surface area contributed by atoms with Gasteiger partial charge in [0.05, 0.1) is 6.16 Å². The second kappa shape index (κ2) is 3.59. The van der Waals surface area contributed by atoms with Crippen LogP contribution in [0.25, 0.3) is 0 Å². The normalized spacial score (nSPS) is 18.5. The number of rotatable bonds is 2. The predicted molar refractivity (Wildman–Crippen MR) is 38.7 cm³/mol. The van der Waals surface area contributed by atoms with Crippen LogP contribution in [0, 0.1) is 0 Å². The van der Waals surface area contributed by atoms with E-state index in [1.165, 1.54) is 0 Å². The van der Waals surface area contributed by atoms with Crippen molar-refractivity contribution < 1.29 is 19.4 Å². The van der Waals surface area contributed by atoms with Crippen LogP contribution in [0.4, 0.5) is 0 Å². The fourth-order valence-corrected chi connectivity index (χ4v) is 2.13. The van der Waals surface area contributed by atoms with Gasteiger partial charge in [-0.05, 0) is 0 Å². The molecule has 0 spiro atoms. The largest absolute Gasteiger partial charge is 0.359 e. The lowest BCUT2D eigenvalue weighted by molar-refractivity contribution is -0.145. The van der Waals surface area contributed by atoms with Gasteiger partial charge >= 0.3 is 7.60 Å². The Morgan fingerprint density at radius 1 is 1.50 bits per heavy atom. The summed E-state index contributed by atoms with van der Waals surface area (Å²) < 4.78 is 11.7. The monoisotopic (exact) mass is 228 g/mol. The average Bonchev–Trinajstić information content (AvgIpc) is 1.60. The molecule has 0 radical (unpaired) electrons. The van der Waals surface area contributed by atoms with Gasteiger partial charge in [-0.1, -0.05) is 34.8 Å². The van der Waals surface area contributed by atoms with Crippen LogP contribution in [0.5, 0.6) is 0 Å². The van der Waals surface area contributed by atoms with Gasteiger partial charge < -0.3 is 4.89 Å². The van der Waals surface area contributed by atoms with Crippen LogP contribution in [-0.2, 0) is 9.24 Å². The lowest BCUT2D eigenvalue weighted by Gasteiger charge is -2.12. The smallest absolute Gasteiger partial charge is 0.323 e. The molecule has 1 unspecified atom stereocenters. The molecule has 0 saturated heterocycles. The molecule has 0 saturated carbocycles. The first-order chi connectivity index (χ1) is 4.27. The Kier molecular flexibility index (Phi) is 3.94.